The van der Waals surface area contributed by atoms with Crippen molar-refractivity contribution in [3.63, 3.8) is 0 Å². The van der Waals surface area contributed by atoms with E-state index in [0.29, 0.717) is 0 Å². The van der Waals surface area contributed by atoms with E-state index in [0.717, 1.165) is 29.1 Å². The molecule has 1 aliphatic heterocycles. The van der Waals surface area contributed by atoms with Gasteiger partial charge in [0, 0.05) is 12.5 Å². The Bertz CT molecular complexity index is 536. The minimum absolute atomic E-state index is 0.163. The number of hydrogen-bond acceptors (Lipinski definition) is 4. The molecule has 2 heterocycles. The first-order valence-corrected chi connectivity index (χ1v) is 6.56. The number of anilines is 1. The van der Waals surface area contributed by atoms with Crippen molar-refractivity contribution >= 4 is 21.7 Å². The van der Waals surface area contributed by atoms with Gasteiger partial charge >= 0.3 is 0 Å². The summed E-state index contributed by atoms with van der Waals surface area (Å²) < 4.78 is 6.61. The van der Waals surface area contributed by atoms with Gasteiger partial charge in [0.15, 0.2) is 0 Å². The monoisotopic (exact) mass is 305 g/mol. The zero-order valence-electron chi connectivity index (χ0n) is 9.64. The normalized spacial score (nSPS) is 17.1. The first-order chi connectivity index (χ1) is 8.81. The lowest BCUT2D eigenvalue weighted by molar-refractivity contribution is 0.246. The highest BCUT2D eigenvalue weighted by molar-refractivity contribution is 9.10. The van der Waals surface area contributed by atoms with Gasteiger partial charge in [-0.15, -0.1) is 0 Å². The van der Waals surface area contributed by atoms with Crippen LogP contribution in [0.5, 0.6) is 5.75 Å². The fourth-order valence-corrected chi connectivity index (χ4v) is 2.32. The summed E-state index contributed by atoms with van der Waals surface area (Å²) in [7, 11) is 0. The molecule has 1 unspecified atom stereocenters. The van der Waals surface area contributed by atoms with Crippen molar-refractivity contribution in [1.82, 2.24) is 9.97 Å². The first kappa shape index (κ1) is 11.5. The van der Waals surface area contributed by atoms with Gasteiger partial charge < -0.3 is 10.1 Å². The summed E-state index contributed by atoms with van der Waals surface area (Å²) in [5.74, 6) is 1.80. The molecule has 1 atom stereocenters. The molecule has 18 heavy (non-hydrogen) atoms. The largest absolute Gasteiger partial charge is 0.488 e. The maximum absolute atomic E-state index is 5.84. The lowest BCUT2D eigenvalue weighted by Gasteiger charge is -2.12. The number of aromatic nitrogens is 2. The summed E-state index contributed by atoms with van der Waals surface area (Å²) in [6.45, 7) is 0.734. The number of rotatable bonds is 3. The van der Waals surface area contributed by atoms with Crippen LogP contribution in [0, 0.1) is 0 Å². The third-order valence-electron chi connectivity index (χ3n) is 2.86. The molecule has 92 valence electrons. The standard InChI is InChI=1S/C13H12BrN3O/c14-12-6-13(17-8-16-12)15-7-10-5-9-3-1-2-4-11(9)18-10/h1-4,6,8,10H,5,7H2,(H,15,16,17). The van der Waals surface area contributed by atoms with Gasteiger partial charge in [-0.1, -0.05) is 18.2 Å². The molecule has 1 aliphatic rings. The molecule has 0 saturated heterocycles. The average Bonchev–Trinajstić information content (AvgIpc) is 2.79. The highest BCUT2D eigenvalue weighted by Crippen LogP contribution is 2.28. The number of benzene rings is 1. The van der Waals surface area contributed by atoms with Gasteiger partial charge in [-0.2, -0.15) is 0 Å². The number of fused-ring (bicyclic) bond motifs is 1. The molecule has 0 fully saturated rings. The van der Waals surface area contributed by atoms with E-state index in [1.54, 1.807) is 0 Å². The molecule has 0 spiro atoms. The van der Waals surface area contributed by atoms with Gasteiger partial charge in [0.1, 0.15) is 28.6 Å². The molecule has 1 N–H and O–H groups in total. The number of ether oxygens (including phenoxy) is 1. The lowest BCUT2D eigenvalue weighted by atomic mass is 10.1. The van der Waals surface area contributed by atoms with Crippen molar-refractivity contribution in [2.75, 3.05) is 11.9 Å². The summed E-state index contributed by atoms with van der Waals surface area (Å²) >= 11 is 3.32. The van der Waals surface area contributed by atoms with Gasteiger partial charge in [0.2, 0.25) is 0 Å². The molecule has 2 aromatic rings. The molecule has 1 aromatic carbocycles. The molecule has 4 nitrogen and oxygen atoms in total. The molecule has 0 radical (unpaired) electrons. The molecule has 0 bridgehead atoms. The zero-order valence-corrected chi connectivity index (χ0v) is 11.2. The van der Waals surface area contributed by atoms with Crippen molar-refractivity contribution in [3.05, 3.63) is 46.8 Å². The van der Waals surface area contributed by atoms with Crippen LogP contribution in [0.3, 0.4) is 0 Å². The van der Waals surface area contributed by atoms with E-state index in [9.17, 15) is 0 Å². The number of nitrogens with one attached hydrogen (secondary N) is 1. The smallest absolute Gasteiger partial charge is 0.130 e. The molecular weight excluding hydrogens is 294 g/mol. The van der Waals surface area contributed by atoms with Crippen molar-refractivity contribution < 1.29 is 4.74 Å². The van der Waals surface area contributed by atoms with Gasteiger partial charge in [-0.05, 0) is 27.6 Å². The number of para-hydroxylation sites is 1. The topological polar surface area (TPSA) is 47.0 Å². The van der Waals surface area contributed by atoms with E-state index in [4.69, 9.17) is 4.74 Å². The second-order valence-electron chi connectivity index (χ2n) is 4.16. The minimum Gasteiger partial charge on any atom is -0.488 e. The first-order valence-electron chi connectivity index (χ1n) is 5.77. The molecule has 0 aliphatic carbocycles. The van der Waals surface area contributed by atoms with Crippen molar-refractivity contribution in [1.29, 1.82) is 0 Å². The summed E-state index contributed by atoms with van der Waals surface area (Å²) in [6, 6.07) is 10.0. The van der Waals surface area contributed by atoms with Crippen LogP contribution >= 0.6 is 15.9 Å². The second kappa shape index (κ2) is 4.94. The van der Waals surface area contributed by atoms with E-state index < -0.39 is 0 Å². The number of hydrogen-bond donors (Lipinski definition) is 1. The Balaban J connectivity index is 1.60. The fourth-order valence-electron chi connectivity index (χ4n) is 2.02. The Hall–Kier alpha value is -1.62. The molecular formula is C13H12BrN3O. The van der Waals surface area contributed by atoms with Gasteiger partial charge in [0.25, 0.3) is 0 Å². The second-order valence-corrected chi connectivity index (χ2v) is 4.97. The van der Waals surface area contributed by atoms with E-state index in [1.807, 2.05) is 24.3 Å². The third-order valence-corrected chi connectivity index (χ3v) is 3.29. The summed E-state index contributed by atoms with van der Waals surface area (Å²) in [4.78, 5) is 8.13. The Morgan fingerprint density at radius 2 is 2.22 bits per heavy atom. The fraction of sp³-hybridized carbons (Fsp3) is 0.231. The lowest BCUT2D eigenvalue weighted by Crippen LogP contribution is -2.24. The van der Waals surface area contributed by atoms with Gasteiger partial charge in [-0.25, -0.2) is 9.97 Å². The minimum atomic E-state index is 0.163. The Kier molecular flexibility index (Phi) is 3.15. The van der Waals surface area contributed by atoms with Crippen molar-refractivity contribution in [2.45, 2.75) is 12.5 Å². The Morgan fingerprint density at radius 1 is 1.33 bits per heavy atom. The molecule has 0 amide bonds. The number of nitrogens with zero attached hydrogens (tertiary/aromatic N) is 2. The van der Waals surface area contributed by atoms with Crippen LogP contribution in [0.4, 0.5) is 5.82 Å². The number of halogens is 1. The quantitative estimate of drug-likeness (QED) is 0.886. The Labute approximate surface area is 114 Å². The van der Waals surface area contributed by atoms with Gasteiger partial charge in [-0.3, -0.25) is 0 Å². The Morgan fingerprint density at radius 3 is 3.06 bits per heavy atom. The third kappa shape index (κ3) is 2.46. The van der Waals surface area contributed by atoms with Crippen LogP contribution in [0.1, 0.15) is 5.56 Å². The highest BCUT2D eigenvalue weighted by atomic mass is 79.9. The van der Waals surface area contributed by atoms with E-state index in [-0.39, 0.29) is 6.10 Å². The highest BCUT2D eigenvalue weighted by Gasteiger charge is 2.21. The predicted octanol–water partition coefficient (Wildman–Crippen LogP) is 2.65. The van der Waals surface area contributed by atoms with Gasteiger partial charge in [0.05, 0.1) is 6.54 Å². The van der Waals surface area contributed by atoms with Crippen LogP contribution in [-0.2, 0) is 6.42 Å². The molecule has 1 aromatic heterocycles. The molecule has 0 saturated carbocycles. The summed E-state index contributed by atoms with van der Waals surface area (Å²) in [6.07, 6.45) is 2.63. The SMILES string of the molecule is Brc1cc(NCC2Cc3ccccc3O2)ncn1. The van der Waals surface area contributed by atoms with Crippen LogP contribution in [0.25, 0.3) is 0 Å². The maximum atomic E-state index is 5.84. The summed E-state index contributed by atoms with van der Waals surface area (Å²) in [5.41, 5.74) is 1.27. The molecule has 3 rings (SSSR count). The predicted molar refractivity (Wildman–Crippen MR) is 72.8 cm³/mol. The molecule has 5 heteroatoms. The van der Waals surface area contributed by atoms with Crippen molar-refractivity contribution in [2.24, 2.45) is 0 Å². The van der Waals surface area contributed by atoms with Crippen LogP contribution < -0.4 is 10.1 Å². The van der Waals surface area contributed by atoms with Crippen molar-refractivity contribution in [3.8, 4) is 5.75 Å². The van der Waals surface area contributed by atoms with Crippen LogP contribution in [0.2, 0.25) is 0 Å². The summed E-state index contributed by atoms with van der Waals surface area (Å²) in [5, 5.41) is 3.26. The zero-order chi connectivity index (χ0) is 12.4. The van der Waals surface area contributed by atoms with Crippen LogP contribution in [-0.4, -0.2) is 22.6 Å². The van der Waals surface area contributed by atoms with E-state index in [2.05, 4.69) is 37.3 Å². The maximum Gasteiger partial charge on any atom is 0.130 e. The van der Waals surface area contributed by atoms with E-state index in [1.165, 1.54) is 11.9 Å². The van der Waals surface area contributed by atoms with Crippen LogP contribution in [0.15, 0.2) is 41.3 Å². The van der Waals surface area contributed by atoms with E-state index >= 15 is 0 Å². The average molecular weight is 306 g/mol.